The zero-order valence-electron chi connectivity index (χ0n) is 19.3. The molecular formula is C26H20N4O2S2. The Labute approximate surface area is 206 Å². The molecule has 5 rings (SSSR count). The number of anilines is 1. The van der Waals surface area contributed by atoms with Crippen LogP contribution in [0.25, 0.3) is 22.4 Å². The summed E-state index contributed by atoms with van der Waals surface area (Å²) in [5, 5.41) is 19.1. The highest BCUT2D eigenvalue weighted by molar-refractivity contribution is 7.71. The smallest absolute Gasteiger partial charge is 0.261 e. The quantitative estimate of drug-likeness (QED) is 0.255. The third-order valence-corrected chi connectivity index (χ3v) is 8.30. The van der Waals surface area contributed by atoms with E-state index < -0.39 is 5.54 Å². The van der Waals surface area contributed by atoms with E-state index in [1.165, 1.54) is 11.5 Å². The van der Waals surface area contributed by atoms with Crippen LogP contribution in [-0.2, 0) is 10.3 Å². The summed E-state index contributed by atoms with van der Waals surface area (Å²) in [5.41, 5.74) is 5.24. The lowest BCUT2D eigenvalue weighted by Crippen LogP contribution is -2.45. The Morgan fingerprint density at radius 2 is 1.68 bits per heavy atom. The van der Waals surface area contributed by atoms with Crippen molar-refractivity contribution < 1.29 is 9.53 Å². The van der Waals surface area contributed by atoms with Gasteiger partial charge in [-0.15, -0.1) is 0 Å². The lowest BCUT2D eigenvalue weighted by molar-refractivity contribution is -0.114. The van der Waals surface area contributed by atoms with E-state index in [0.29, 0.717) is 21.6 Å². The number of aryl methyl sites for hydroxylation is 2. The summed E-state index contributed by atoms with van der Waals surface area (Å²) in [5.74, 6) is 0.163. The zero-order valence-corrected chi connectivity index (χ0v) is 20.9. The van der Waals surface area contributed by atoms with E-state index in [1.807, 2.05) is 36.0 Å². The van der Waals surface area contributed by atoms with Crippen molar-refractivity contribution in [2.45, 2.75) is 33.2 Å². The van der Waals surface area contributed by atoms with Crippen molar-refractivity contribution in [3.63, 3.8) is 0 Å². The molecule has 2 aliphatic rings. The van der Waals surface area contributed by atoms with Crippen molar-refractivity contribution >= 4 is 40.9 Å². The second-order valence-electron chi connectivity index (χ2n) is 8.99. The van der Waals surface area contributed by atoms with Gasteiger partial charge < -0.3 is 4.74 Å². The number of allylic oxidation sites excluding steroid dienone is 1. The van der Waals surface area contributed by atoms with Crippen molar-refractivity contribution in [2.24, 2.45) is 0 Å². The molecule has 0 atom stereocenters. The van der Waals surface area contributed by atoms with Gasteiger partial charge in [-0.3, -0.25) is 13.7 Å². The Morgan fingerprint density at radius 3 is 2.26 bits per heavy atom. The highest BCUT2D eigenvalue weighted by Gasteiger charge is 2.50. The van der Waals surface area contributed by atoms with Crippen molar-refractivity contribution in [2.75, 3.05) is 12.0 Å². The average Bonchev–Trinajstić information content (AvgIpc) is 3.29. The number of aromatic nitrogens is 1. The normalized spacial score (nSPS) is 14.9. The maximum Gasteiger partial charge on any atom is 0.261 e. The highest BCUT2D eigenvalue weighted by atomic mass is 32.1. The molecule has 168 valence electrons. The number of ether oxygens (including phenoxy) is 1. The zero-order chi connectivity index (χ0) is 24.5. The molecule has 0 unspecified atom stereocenters. The number of amides is 1. The summed E-state index contributed by atoms with van der Waals surface area (Å²) >= 11 is 7.52. The first-order valence-electron chi connectivity index (χ1n) is 10.6. The fraction of sp³-hybridized carbons (Fsp3) is 0.231. The van der Waals surface area contributed by atoms with Crippen molar-refractivity contribution in [3.8, 4) is 34.7 Å². The van der Waals surface area contributed by atoms with E-state index in [-0.39, 0.29) is 17.1 Å². The van der Waals surface area contributed by atoms with Crippen LogP contribution < -0.4 is 9.64 Å². The molecule has 0 fully saturated rings. The van der Waals surface area contributed by atoms with Crippen LogP contribution in [0.3, 0.4) is 0 Å². The maximum atomic E-state index is 13.7. The number of rotatable bonds is 2. The summed E-state index contributed by atoms with van der Waals surface area (Å²) < 4.78 is 8.23. The Bertz CT molecular complexity index is 1570. The first-order chi connectivity index (χ1) is 16.1. The van der Waals surface area contributed by atoms with Gasteiger partial charge in [0.25, 0.3) is 5.91 Å². The molecule has 1 aromatic heterocycles. The van der Waals surface area contributed by atoms with E-state index in [1.54, 1.807) is 18.1 Å². The van der Waals surface area contributed by atoms with E-state index in [2.05, 4.69) is 32.0 Å². The van der Waals surface area contributed by atoms with Crippen molar-refractivity contribution in [3.05, 3.63) is 62.1 Å². The molecule has 6 nitrogen and oxygen atoms in total. The predicted octanol–water partition coefficient (Wildman–Crippen LogP) is 5.96. The molecular weight excluding hydrogens is 464 g/mol. The number of fused-ring (bicyclic) bond motifs is 2. The minimum Gasteiger partial charge on any atom is -0.497 e. The predicted molar refractivity (Wildman–Crippen MR) is 135 cm³/mol. The number of hydrogen-bond acceptors (Lipinski definition) is 6. The highest BCUT2D eigenvalue weighted by Crippen LogP contribution is 2.58. The molecule has 34 heavy (non-hydrogen) atoms. The molecule has 0 bridgehead atoms. The van der Waals surface area contributed by atoms with Gasteiger partial charge in [-0.2, -0.15) is 10.5 Å². The number of carbonyl (C=O) groups excluding carboxylic acids is 1. The van der Waals surface area contributed by atoms with Gasteiger partial charge in [0.15, 0.2) is 0 Å². The lowest BCUT2D eigenvalue weighted by atomic mass is 9.87. The first kappa shape index (κ1) is 22.1. The second-order valence-corrected chi connectivity index (χ2v) is 10.3. The third-order valence-electron chi connectivity index (χ3n) is 6.34. The summed E-state index contributed by atoms with van der Waals surface area (Å²) in [7, 11) is 1.55. The first-order valence-corrected chi connectivity index (χ1v) is 11.8. The molecule has 3 aromatic rings. The van der Waals surface area contributed by atoms with Gasteiger partial charge in [-0.05, 0) is 63.1 Å². The largest absolute Gasteiger partial charge is 0.497 e. The molecule has 0 radical (unpaired) electrons. The standard InChI is InChI=1S/C26H20N4O2S2/c1-13-6-14(2)8-16(7-13)30-25(33)21-19-10-17(32-5)9-18-20(15(11-27)12-28)24(31)29(22(18)19)26(3,4)23(21)34-30/h6-10H,1-5H3. The number of nitrogens with zero attached hydrogens (tertiary/aromatic N) is 4. The molecule has 0 aliphatic carbocycles. The monoisotopic (exact) mass is 484 g/mol. The molecule has 2 aliphatic heterocycles. The van der Waals surface area contributed by atoms with Crippen LogP contribution in [-0.4, -0.2) is 17.0 Å². The van der Waals surface area contributed by atoms with E-state index in [4.69, 9.17) is 17.0 Å². The lowest BCUT2D eigenvalue weighted by Gasteiger charge is -2.40. The summed E-state index contributed by atoms with van der Waals surface area (Å²) in [6.07, 6.45) is 0. The van der Waals surface area contributed by atoms with E-state index in [0.717, 1.165) is 32.8 Å². The number of methoxy groups -OCH3 is 1. The second kappa shape index (κ2) is 7.39. The Balaban J connectivity index is 1.91. The van der Waals surface area contributed by atoms with Crippen LogP contribution >= 0.6 is 23.8 Å². The van der Waals surface area contributed by atoms with Crippen LogP contribution in [0.1, 0.15) is 35.4 Å². The fourth-order valence-corrected chi connectivity index (χ4v) is 6.63. The average molecular weight is 485 g/mol. The Morgan fingerprint density at radius 1 is 1.06 bits per heavy atom. The van der Waals surface area contributed by atoms with Gasteiger partial charge in [0.1, 0.15) is 28.1 Å². The summed E-state index contributed by atoms with van der Waals surface area (Å²) in [4.78, 5) is 16.3. The van der Waals surface area contributed by atoms with Gasteiger partial charge in [0.05, 0.1) is 34.5 Å². The van der Waals surface area contributed by atoms with Crippen LogP contribution in [0.15, 0.2) is 35.9 Å². The van der Waals surface area contributed by atoms with Gasteiger partial charge in [-0.25, -0.2) is 0 Å². The van der Waals surface area contributed by atoms with Gasteiger partial charge in [0.2, 0.25) is 0 Å². The number of hydrogen-bond donors (Lipinski definition) is 0. The summed E-state index contributed by atoms with van der Waals surface area (Å²) in [6.45, 7) is 8.05. The number of nitriles is 2. The molecule has 1 amide bonds. The van der Waals surface area contributed by atoms with E-state index >= 15 is 0 Å². The van der Waals surface area contributed by atoms with Crippen molar-refractivity contribution in [1.29, 1.82) is 10.5 Å². The molecule has 8 heteroatoms. The Kier molecular flexibility index (Phi) is 4.80. The molecule has 0 saturated carbocycles. The Hall–Kier alpha value is -3.72. The minimum absolute atomic E-state index is 0.108. The number of carbonyl (C=O) groups is 1. The molecule has 0 N–H and O–H groups in total. The van der Waals surface area contributed by atoms with Gasteiger partial charge >= 0.3 is 0 Å². The van der Waals surface area contributed by atoms with Crippen molar-refractivity contribution in [1.82, 2.24) is 3.96 Å². The molecule has 2 aromatic carbocycles. The molecule has 3 heterocycles. The fourth-order valence-electron chi connectivity index (χ4n) is 4.96. The van der Waals surface area contributed by atoms with Crippen LogP contribution in [0.5, 0.6) is 5.75 Å². The van der Waals surface area contributed by atoms with Crippen LogP contribution in [0.4, 0.5) is 5.69 Å². The SMILES string of the molecule is COc1cc2c3c(c1)-c1c(sn(-c4cc(C)cc(C)c4)c1=S)C(C)(C)N3C(=O)C2=C(C#N)C#N. The van der Waals surface area contributed by atoms with E-state index in [9.17, 15) is 15.3 Å². The van der Waals surface area contributed by atoms with Gasteiger partial charge in [0, 0.05) is 16.7 Å². The summed E-state index contributed by atoms with van der Waals surface area (Å²) in [6, 6.07) is 13.7. The van der Waals surface area contributed by atoms with Gasteiger partial charge in [-0.1, -0.05) is 29.8 Å². The molecule has 0 spiro atoms. The third kappa shape index (κ3) is 2.83. The topological polar surface area (TPSA) is 82.0 Å². The number of benzene rings is 2. The minimum atomic E-state index is -0.747. The molecule has 0 saturated heterocycles. The van der Waals surface area contributed by atoms with Crippen LogP contribution in [0, 0.1) is 41.2 Å². The van der Waals surface area contributed by atoms with Crippen LogP contribution in [0.2, 0.25) is 0 Å². The maximum absolute atomic E-state index is 13.7.